The molecule has 6 heteroatoms. The largest absolute Gasteiger partial charge is 0.385 e. The molecule has 0 aliphatic carbocycles. The Morgan fingerprint density at radius 2 is 2.44 bits per heavy atom. The first-order valence-corrected chi connectivity index (χ1v) is 4.91. The molecule has 84 valence electrons. The molecule has 0 aliphatic rings. The molecule has 1 atom stereocenters. The molecule has 0 bridgehead atoms. The van der Waals surface area contributed by atoms with Gasteiger partial charge in [0.05, 0.1) is 0 Å². The lowest BCUT2D eigenvalue weighted by atomic mass is 10.2. The molecule has 0 saturated heterocycles. The van der Waals surface area contributed by atoms with Crippen LogP contribution in [0.3, 0.4) is 0 Å². The summed E-state index contributed by atoms with van der Waals surface area (Å²) >= 11 is 0. The smallest absolute Gasteiger partial charge is 0.263 e. The molecule has 1 unspecified atom stereocenters. The van der Waals surface area contributed by atoms with Crippen LogP contribution in [-0.2, 0) is 0 Å². The maximum absolute atomic E-state index is 11.5. The van der Waals surface area contributed by atoms with Crippen LogP contribution in [0.25, 0.3) is 11.5 Å². The minimum Gasteiger partial charge on any atom is -0.385 e. The highest BCUT2D eigenvalue weighted by molar-refractivity contribution is 5.50. The van der Waals surface area contributed by atoms with Gasteiger partial charge in [0, 0.05) is 18.5 Å². The van der Waals surface area contributed by atoms with Gasteiger partial charge in [0.15, 0.2) is 5.43 Å². The van der Waals surface area contributed by atoms with E-state index in [-0.39, 0.29) is 17.1 Å². The second-order valence-corrected chi connectivity index (χ2v) is 3.30. The van der Waals surface area contributed by atoms with Gasteiger partial charge < -0.3 is 14.6 Å². The fourth-order valence-corrected chi connectivity index (χ4v) is 1.25. The van der Waals surface area contributed by atoms with Gasteiger partial charge in [-0.05, 0) is 6.42 Å². The standard InChI is InChI=1S/C10H11N3O3/c1-2-7(14)9-12-10(16-13-9)6-5-11-4-3-8(6)15/h3-5,7,14H,2H2,1H3,(H,11,15). The van der Waals surface area contributed by atoms with Gasteiger partial charge in [0.2, 0.25) is 5.82 Å². The molecule has 2 rings (SSSR count). The van der Waals surface area contributed by atoms with E-state index in [1.807, 2.05) is 0 Å². The fourth-order valence-electron chi connectivity index (χ4n) is 1.25. The van der Waals surface area contributed by atoms with Crippen molar-refractivity contribution in [1.82, 2.24) is 15.1 Å². The van der Waals surface area contributed by atoms with Crippen LogP contribution in [0.5, 0.6) is 0 Å². The van der Waals surface area contributed by atoms with Gasteiger partial charge in [-0.15, -0.1) is 0 Å². The molecule has 0 saturated carbocycles. The highest BCUT2D eigenvalue weighted by Crippen LogP contribution is 2.17. The van der Waals surface area contributed by atoms with Crippen LogP contribution in [-0.4, -0.2) is 20.2 Å². The highest BCUT2D eigenvalue weighted by atomic mass is 16.5. The monoisotopic (exact) mass is 221 g/mol. The Labute approximate surface area is 90.9 Å². The predicted molar refractivity (Wildman–Crippen MR) is 55.6 cm³/mol. The molecule has 0 fully saturated rings. The third kappa shape index (κ3) is 1.87. The van der Waals surface area contributed by atoms with Gasteiger partial charge in [-0.3, -0.25) is 4.79 Å². The number of aromatic nitrogens is 3. The zero-order valence-electron chi connectivity index (χ0n) is 8.67. The van der Waals surface area contributed by atoms with E-state index in [2.05, 4.69) is 15.1 Å². The summed E-state index contributed by atoms with van der Waals surface area (Å²) in [6.45, 7) is 1.80. The minimum absolute atomic E-state index is 0.115. The van der Waals surface area contributed by atoms with Gasteiger partial charge in [-0.25, -0.2) is 0 Å². The van der Waals surface area contributed by atoms with Crippen molar-refractivity contribution >= 4 is 0 Å². The van der Waals surface area contributed by atoms with Crippen molar-refractivity contribution in [3.05, 3.63) is 34.5 Å². The predicted octanol–water partition coefficient (Wildman–Crippen LogP) is 0.868. The van der Waals surface area contributed by atoms with Crippen molar-refractivity contribution in [2.75, 3.05) is 0 Å². The quantitative estimate of drug-likeness (QED) is 0.802. The SMILES string of the molecule is CCC(O)c1noc(-c2c[nH]ccc2=O)n1. The number of aliphatic hydroxyl groups excluding tert-OH is 1. The Bertz CT molecular complexity index is 532. The number of hydrogen-bond acceptors (Lipinski definition) is 5. The van der Waals surface area contributed by atoms with E-state index in [9.17, 15) is 9.90 Å². The van der Waals surface area contributed by atoms with E-state index in [0.717, 1.165) is 0 Å². The first-order chi connectivity index (χ1) is 7.72. The average Bonchev–Trinajstić information content (AvgIpc) is 2.78. The lowest BCUT2D eigenvalue weighted by molar-refractivity contribution is 0.159. The van der Waals surface area contributed by atoms with Gasteiger partial charge in [-0.1, -0.05) is 12.1 Å². The molecule has 2 aromatic heterocycles. The summed E-state index contributed by atoms with van der Waals surface area (Å²) in [7, 11) is 0. The summed E-state index contributed by atoms with van der Waals surface area (Å²) in [6, 6.07) is 1.37. The van der Waals surface area contributed by atoms with Gasteiger partial charge in [0.1, 0.15) is 11.7 Å². The van der Waals surface area contributed by atoms with Crippen molar-refractivity contribution in [1.29, 1.82) is 0 Å². The maximum Gasteiger partial charge on any atom is 0.263 e. The topological polar surface area (TPSA) is 92.0 Å². The molecule has 0 aromatic carbocycles. The Hall–Kier alpha value is -1.95. The summed E-state index contributed by atoms with van der Waals surface area (Å²) in [4.78, 5) is 18.2. The highest BCUT2D eigenvalue weighted by Gasteiger charge is 2.16. The number of hydrogen-bond donors (Lipinski definition) is 2. The van der Waals surface area contributed by atoms with Crippen molar-refractivity contribution in [3.8, 4) is 11.5 Å². The van der Waals surface area contributed by atoms with Gasteiger partial charge in [0.25, 0.3) is 5.89 Å². The summed E-state index contributed by atoms with van der Waals surface area (Å²) in [6.07, 6.45) is 2.73. The third-order valence-corrected chi connectivity index (χ3v) is 2.18. The Morgan fingerprint density at radius 1 is 1.62 bits per heavy atom. The van der Waals surface area contributed by atoms with Crippen LogP contribution >= 0.6 is 0 Å². The third-order valence-electron chi connectivity index (χ3n) is 2.18. The van der Waals surface area contributed by atoms with Crippen LogP contribution in [0.4, 0.5) is 0 Å². The van der Waals surface area contributed by atoms with E-state index >= 15 is 0 Å². The Morgan fingerprint density at radius 3 is 3.12 bits per heavy atom. The number of aliphatic hydroxyl groups is 1. The number of rotatable bonds is 3. The van der Waals surface area contributed by atoms with E-state index < -0.39 is 6.10 Å². The molecule has 0 radical (unpaired) electrons. The first-order valence-electron chi connectivity index (χ1n) is 4.91. The number of H-pyrrole nitrogens is 1. The lowest BCUT2D eigenvalue weighted by Gasteiger charge is -1.97. The van der Waals surface area contributed by atoms with Crippen molar-refractivity contribution in [3.63, 3.8) is 0 Å². The fraction of sp³-hybridized carbons (Fsp3) is 0.300. The normalized spacial score (nSPS) is 12.6. The molecular weight excluding hydrogens is 210 g/mol. The number of nitrogens with one attached hydrogen (secondary N) is 1. The van der Waals surface area contributed by atoms with Crippen LogP contribution < -0.4 is 5.43 Å². The summed E-state index contributed by atoms with van der Waals surface area (Å²) < 4.78 is 4.91. The molecule has 2 aromatic rings. The molecule has 2 heterocycles. The van der Waals surface area contributed by atoms with E-state index in [4.69, 9.17) is 4.52 Å². The van der Waals surface area contributed by atoms with E-state index in [1.54, 1.807) is 6.92 Å². The van der Waals surface area contributed by atoms with Crippen LogP contribution in [0.1, 0.15) is 25.3 Å². The Balaban J connectivity index is 2.39. The zero-order chi connectivity index (χ0) is 11.5. The first kappa shape index (κ1) is 10.6. The molecule has 0 spiro atoms. The van der Waals surface area contributed by atoms with Gasteiger partial charge >= 0.3 is 0 Å². The number of nitrogens with zero attached hydrogens (tertiary/aromatic N) is 2. The molecule has 6 nitrogen and oxygen atoms in total. The Kier molecular flexibility index (Phi) is 2.82. The van der Waals surface area contributed by atoms with E-state index in [1.165, 1.54) is 18.5 Å². The van der Waals surface area contributed by atoms with Crippen LogP contribution in [0, 0.1) is 0 Å². The second kappa shape index (κ2) is 4.28. The van der Waals surface area contributed by atoms with E-state index in [0.29, 0.717) is 12.0 Å². The van der Waals surface area contributed by atoms with Crippen molar-refractivity contribution < 1.29 is 9.63 Å². The summed E-state index contributed by atoms with van der Waals surface area (Å²) in [5.74, 6) is 0.310. The molecule has 0 amide bonds. The molecule has 16 heavy (non-hydrogen) atoms. The number of pyridine rings is 1. The van der Waals surface area contributed by atoms with Crippen LogP contribution in [0.2, 0.25) is 0 Å². The summed E-state index contributed by atoms with van der Waals surface area (Å²) in [5.41, 5.74) is 0.0875. The second-order valence-electron chi connectivity index (χ2n) is 3.30. The average molecular weight is 221 g/mol. The lowest BCUT2D eigenvalue weighted by Crippen LogP contribution is -2.03. The molecule has 2 N–H and O–H groups in total. The van der Waals surface area contributed by atoms with Crippen molar-refractivity contribution in [2.45, 2.75) is 19.4 Å². The zero-order valence-corrected chi connectivity index (χ0v) is 8.67. The molecule has 0 aliphatic heterocycles. The van der Waals surface area contributed by atoms with Crippen LogP contribution in [0.15, 0.2) is 27.8 Å². The molecular formula is C10H11N3O3. The maximum atomic E-state index is 11.5. The minimum atomic E-state index is -0.764. The van der Waals surface area contributed by atoms with Crippen molar-refractivity contribution in [2.24, 2.45) is 0 Å². The number of aromatic amines is 1. The van der Waals surface area contributed by atoms with Gasteiger partial charge in [-0.2, -0.15) is 4.98 Å². The summed E-state index contributed by atoms with van der Waals surface area (Å²) in [5, 5.41) is 13.1.